The third-order valence-corrected chi connectivity index (χ3v) is 5.62. The maximum absolute atomic E-state index is 12.2. The zero-order valence-corrected chi connectivity index (χ0v) is 19.2. The molecule has 0 aromatic heterocycles. The number of nitrogens with one attached hydrogen (secondary N) is 3. The van der Waals surface area contributed by atoms with E-state index in [2.05, 4.69) is 16.0 Å². The summed E-state index contributed by atoms with van der Waals surface area (Å²) in [5.41, 5.74) is 0.131. The highest BCUT2D eigenvalue weighted by atomic mass is 35.5. The molecule has 0 aliphatic carbocycles. The van der Waals surface area contributed by atoms with Gasteiger partial charge in [-0.05, 0) is 24.1 Å². The first-order valence-electron chi connectivity index (χ1n) is 10.5. The van der Waals surface area contributed by atoms with Crippen LogP contribution in [0.25, 0.3) is 0 Å². The number of amides is 2. The van der Waals surface area contributed by atoms with Crippen LogP contribution in [-0.4, -0.2) is 97.3 Å². The molecule has 1 aromatic carbocycles. The molecule has 10 nitrogen and oxygen atoms in total. The number of likely N-dealkylation sites (tertiary alicyclic amines) is 1. The monoisotopic (exact) mass is 472 g/mol. The lowest BCUT2D eigenvalue weighted by molar-refractivity contribution is -0.125. The van der Waals surface area contributed by atoms with Gasteiger partial charge in [-0.1, -0.05) is 12.1 Å². The first kappa shape index (κ1) is 26.1. The van der Waals surface area contributed by atoms with Crippen molar-refractivity contribution in [3.05, 3.63) is 29.8 Å². The number of nitrogens with zero attached hydrogens (tertiary/aromatic N) is 1. The van der Waals surface area contributed by atoms with Crippen LogP contribution >= 0.6 is 12.4 Å². The summed E-state index contributed by atoms with van der Waals surface area (Å²) in [7, 11) is 1.61. The van der Waals surface area contributed by atoms with Gasteiger partial charge in [-0.2, -0.15) is 0 Å². The van der Waals surface area contributed by atoms with Gasteiger partial charge in [0.15, 0.2) is 0 Å². The number of hydrogen-bond donors (Lipinski definition) is 5. The van der Waals surface area contributed by atoms with Crippen molar-refractivity contribution in [2.45, 2.75) is 37.2 Å². The van der Waals surface area contributed by atoms with Crippen LogP contribution in [0.3, 0.4) is 0 Å². The minimum atomic E-state index is -0.916. The Morgan fingerprint density at radius 3 is 2.56 bits per heavy atom. The first-order valence-corrected chi connectivity index (χ1v) is 10.5. The maximum Gasteiger partial charge on any atom is 0.407 e. The molecule has 3 atom stereocenters. The second-order valence-corrected chi connectivity index (χ2v) is 8.28. The van der Waals surface area contributed by atoms with E-state index in [1.807, 2.05) is 29.2 Å². The van der Waals surface area contributed by atoms with Crippen LogP contribution in [-0.2, 0) is 16.0 Å². The summed E-state index contributed by atoms with van der Waals surface area (Å²) in [6, 6.07) is 7.45. The topological polar surface area (TPSA) is 132 Å². The molecule has 2 heterocycles. The lowest BCUT2D eigenvalue weighted by Crippen LogP contribution is -2.66. The SMILES string of the molecule is COc1ccc(C[C@H]2NC[C@H](O)[C@H]2OC(=O)NCCN2CC(O)(CNC(C)=O)C2)cc1.Cl. The molecule has 5 N–H and O–H groups in total. The number of halogens is 1. The van der Waals surface area contributed by atoms with Gasteiger partial charge >= 0.3 is 6.09 Å². The predicted octanol–water partition coefficient (Wildman–Crippen LogP) is -0.730. The predicted molar refractivity (Wildman–Crippen MR) is 120 cm³/mol. The Labute approximate surface area is 194 Å². The molecule has 0 unspecified atom stereocenters. The molecular formula is C21H33ClN4O6. The number of ether oxygens (including phenoxy) is 2. The number of alkyl carbamates (subject to hydrolysis) is 1. The molecule has 11 heteroatoms. The van der Waals surface area contributed by atoms with E-state index in [1.54, 1.807) is 7.11 Å². The van der Waals surface area contributed by atoms with Crippen LogP contribution in [0.1, 0.15) is 12.5 Å². The number of benzene rings is 1. The molecule has 0 spiro atoms. The summed E-state index contributed by atoms with van der Waals surface area (Å²) in [4.78, 5) is 25.1. The molecule has 32 heavy (non-hydrogen) atoms. The van der Waals surface area contributed by atoms with Gasteiger partial charge in [0.1, 0.15) is 23.6 Å². The fraction of sp³-hybridized carbons (Fsp3) is 0.619. The number of aliphatic hydroxyl groups excluding tert-OH is 1. The average molecular weight is 473 g/mol. The Balaban J connectivity index is 0.00000363. The van der Waals surface area contributed by atoms with Crippen LogP contribution in [0.4, 0.5) is 4.79 Å². The first-order chi connectivity index (χ1) is 14.8. The van der Waals surface area contributed by atoms with Crippen molar-refractivity contribution in [1.29, 1.82) is 0 Å². The lowest BCUT2D eigenvalue weighted by Gasteiger charge is -2.46. The minimum Gasteiger partial charge on any atom is -0.497 e. The molecule has 3 rings (SSSR count). The quantitative estimate of drug-likeness (QED) is 0.318. The third kappa shape index (κ3) is 7.21. The van der Waals surface area contributed by atoms with Crippen molar-refractivity contribution in [1.82, 2.24) is 20.9 Å². The van der Waals surface area contributed by atoms with E-state index in [1.165, 1.54) is 6.92 Å². The van der Waals surface area contributed by atoms with Crippen molar-refractivity contribution >= 4 is 24.4 Å². The number of carbonyl (C=O) groups excluding carboxylic acids is 2. The van der Waals surface area contributed by atoms with Crippen molar-refractivity contribution in [3.63, 3.8) is 0 Å². The normalized spacial score (nSPS) is 24.1. The molecule has 0 radical (unpaired) electrons. The van der Waals surface area contributed by atoms with E-state index in [9.17, 15) is 19.8 Å². The van der Waals surface area contributed by atoms with Crippen molar-refractivity contribution in [2.24, 2.45) is 0 Å². The molecule has 2 aliphatic rings. The molecule has 180 valence electrons. The zero-order chi connectivity index (χ0) is 22.4. The van der Waals surface area contributed by atoms with Gasteiger partial charge in [0.05, 0.1) is 13.2 Å². The van der Waals surface area contributed by atoms with Crippen LogP contribution in [0, 0.1) is 0 Å². The van der Waals surface area contributed by atoms with E-state index in [-0.39, 0.29) is 30.9 Å². The second-order valence-electron chi connectivity index (χ2n) is 8.28. The average Bonchev–Trinajstić information content (AvgIpc) is 3.05. The van der Waals surface area contributed by atoms with Gasteiger partial charge in [0.2, 0.25) is 5.91 Å². The van der Waals surface area contributed by atoms with E-state index in [4.69, 9.17) is 9.47 Å². The van der Waals surface area contributed by atoms with Crippen LogP contribution in [0.5, 0.6) is 5.75 Å². The molecule has 2 fully saturated rings. The lowest BCUT2D eigenvalue weighted by atomic mass is 9.94. The summed E-state index contributed by atoms with van der Waals surface area (Å²) in [5, 5.41) is 29.0. The molecule has 0 bridgehead atoms. The summed E-state index contributed by atoms with van der Waals surface area (Å²) in [6.45, 7) is 3.76. The van der Waals surface area contributed by atoms with Gasteiger partial charge in [-0.3, -0.25) is 9.69 Å². The Morgan fingerprint density at radius 2 is 1.94 bits per heavy atom. The van der Waals surface area contributed by atoms with Crippen molar-refractivity contribution in [2.75, 3.05) is 46.4 Å². The molecule has 0 saturated carbocycles. The number of hydrogen-bond acceptors (Lipinski definition) is 8. The van der Waals surface area contributed by atoms with Crippen LogP contribution in [0.15, 0.2) is 24.3 Å². The Kier molecular flexibility index (Phi) is 9.53. The van der Waals surface area contributed by atoms with Crippen molar-refractivity contribution in [3.8, 4) is 5.75 Å². The fourth-order valence-corrected chi connectivity index (χ4v) is 3.96. The Hall–Kier alpha value is -2.11. The molecular weight excluding hydrogens is 440 g/mol. The summed E-state index contributed by atoms with van der Waals surface area (Å²) in [5.74, 6) is 0.594. The Morgan fingerprint density at radius 1 is 1.25 bits per heavy atom. The van der Waals surface area contributed by atoms with Crippen molar-refractivity contribution < 1.29 is 29.3 Å². The van der Waals surface area contributed by atoms with Gasteiger partial charge < -0.3 is 35.6 Å². The molecule has 2 saturated heterocycles. The summed E-state index contributed by atoms with van der Waals surface area (Å²) >= 11 is 0. The maximum atomic E-state index is 12.2. The fourth-order valence-electron chi connectivity index (χ4n) is 3.96. The number of rotatable bonds is 9. The van der Waals surface area contributed by atoms with E-state index >= 15 is 0 Å². The number of methoxy groups -OCH3 is 1. The van der Waals surface area contributed by atoms with Gasteiger partial charge in [0.25, 0.3) is 0 Å². The van der Waals surface area contributed by atoms with Crippen LogP contribution < -0.4 is 20.7 Å². The smallest absolute Gasteiger partial charge is 0.407 e. The van der Waals surface area contributed by atoms with Gasteiger partial charge in [-0.25, -0.2) is 4.79 Å². The second kappa shape index (κ2) is 11.7. The van der Waals surface area contributed by atoms with Crippen LogP contribution in [0.2, 0.25) is 0 Å². The summed E-state index contributed by atoms with van der Waals surface area (Å²) < 4.78 is 10.7. The number of carbonyl (C=O) groups is 2. The zero-order valence-electron chi connectivity index (χ0n) is 18.4. The summed E-state index contributed by atoms with van der Waals surface area (Å²) in [6.07, 6.45) is -1.39. The molecule has 2 aliphatic heterocycles. The highest BCUT2D eigenvalue weighted by Crippen LogP contribution is 2.20. The molecule has 1 aromatic rings. The Bertz CT molecular complexity index is 759. The number of aliphatic hydroxyl groups is 2. The van der Waals surface area contributed by atoms with Gasteiger partial charge in [0, 0.05) is 46.2 Å². The highest BCUT2D eigenvalue weighted by Gasteiger charge is 2.41. The third-order valence-electron chi connectivity index (χ3n) is 5.62. The number of β-amino-alcohol motifs (C(OH)–C–C–N with tert-alkyl or cyclic N) is 2. The van der Waals surface area contributed by atoms with Gasteiger partial charge in [-0.15, -0.1) is 12.4 Å². The van der Waals surface area contributed by atoms with E-state index in [0.717, 1.165) is 11.3 Å². The molecule has 2 amide bonds. The van der Waals surface area contributed by atoms with E-state index in [0.29, 0.717) is 39.1 Å². The minimum absolute atomic E-state index is 0. The van der Waals surface area contributed by atoms with E-state index < -0.39 is 23.9 Å². The highest BCUT2D eigenvalue weighted by molar-refractivity contribution is 5.85. The largest absolute Gasteiger partial charge is 0.497 e. The standard InChI is InChI=1S/C21H32N4O6.ClH/c1-14(26)24-11-21(29)12-25(13-21)8-7-22-20(28)31-19-17(23-10-18(19)27)9-15-3-5-16(30-2)6-4-15;/h3-6,17-19,23,27,29H,7-13H2,1-2H3,(H,22,28)(H,24,26);1H/t17-,18+,19+;/m1./s1.